The predicted octanol–water partition coefficient (Wildman–Crippen LogP) is 1.04. The second-order valence-corrected chi connectivity index (χ2v) is 7.16. The number of amides is 1. The van der Waals surface area contributed by atoms with Gasteiger partial charge in [-0.25, -0.2) is 0 Å². The molecule has 2 aliphatic heterocycles. The van der Waals surface area contributed by atoms with Gasteiger partial charge in [-0.1, -0.05) is 6.07 Å². The van der Waals surface area contributed by atoms with Crippen molar-refractivity contribution in [2.75, 3.05) is 27.2 Å². The lowest BCUT2D eigenvalue weighted by Gasteiger charge is -2.35. The van der Waals surface area contributed by atoms with E-state index in [1.54, 1.807) is 7.11 Å². The Kier molecular flexibility index (Phi) is 4.40. The Labute approximate surface area is 153 Å². The second kappa shape index (κ2) is 6.72. The molecule has 4 rings (SSSR count). The van der Waals surface area contributed by atoms with E-state index in [1.165, 1.54) is 11.1 Å². The second-order valence-electron chi connectivity index (χ2n) is 7.16. The molecular formula is C19H25N5O2. The standard InChI is InChI=1S/C19H25N5O2/c1-13-20-21-18-12-22(2)17(11-24(13)18)19(25)23-8-6-14-4-5-16(26-3)10-15(14)7-9-23/h4-5,10,17H,6-9,11-12H2,1-3H3. The molecule has 0 N–H and O–H groups in total. The average Bonchev–Trinajstić information content (AvgIpc) is 2.88. The van der Waals surface area contributed by atoms with Crippen molar-refractivity contribution in [3.8, 4) is 5.75 Å². The van der Waals surface area contributed by atoms with E-state index in [1.807, 2.05) is 24.9 Å². The molecule has 138 valence electrons. The monoisotopic (exact) mass is 355 g/mol. The van der Waals surface area contributed by atoms with Crippen molar-refractivity contribution < 1.29 is 9.53 Å². The van der Waals surface area contributed by atoms with Crippen molar-refractivity contribution >= 4 is 5.91 Å². The van der Waals surface area contributed by atoms with E-state index in [0.717, 1.165) is 43.3 Å². The molecule has 0 saturated carbocycles. The highest BCUT2D eigenvalue weighted by molar-refractivity contribution is 5.82. The van der Waals surface area contributed by atoms with Gasteiger partial charge in [-0.05, 0) is 50.1 Å². The lowest BCUT2D eigenvalue weighted by atomic mass is 10.0. The van der Waals surface area contributed by atoms with Crippen LogP contribution in [0.3, 0.4) is 0 Å². The maximum atomic E-state index is 13.2. The minimum absolute atomic E-state index is 0.159. The summed E-state index contributed by atoms with van der Waals surface area (Å²) in [6, 6.07) is 6.07. The van der Waals surface area contributed by atoms with Gasteiger partial charge in [0.15, 0.2) is 0 Å². The van der Waals surface area contributed by atoms with Gasteiger partial charge in [0.2, 0.25) is 5.91 Å². The number of hydrogen-bond donors (Lipinski definition) is 0. The molecule has 0 saturated heterocycles. The van der Waals surface area contributed by atoms with Crippen LogP contribution < -0.4 is 4.74 Å². The number of hydrogen-bond acceptors (Lipinski definition) is 5. The Bertz CT molecular complexity index is 831. The fourth-order valence-electron chi connectivity index (χ4n) is 3.95. The Morgan fingerprint density at radius 3 is 2.73 bits per heavy atom. The molecule has 1 atom stereocenters. The number of ether oxygens (including phenoxy) is 1. The molecule has 1 amide bonds. The lowest BCUT2D eigenvalue weighted by Crippen LogP contribution is -2.52. The molecule has 0 fully saturated rings. The van der Waals surface area contributed by atoms with Crippen LogP contribution >= 0.6 is 0 Å². The van der Waals surface area contributed by atoms with Gasteiger partial charge in [-0.15, -0.1) is 10.2 Å². The van der Waals surface area contributed by atoms with Gasteiger partial charge in [0, 0.05) is 13.1 Å². The Balaban J connectivity index is 1.50. The van der Waals surface area contributed by atoms with Crippen LogP contribution in [0.5, 0.6) is 5.75 Å². The van der Waals surface area contributed by atoms with Crippen LogP contribution in [0.2, 0.25) is 0 Å². The highest BCUT2D eigenvalue weighted by Gasteiger charge is 2.34. The van der Waals surface area contributed by atoms with Crippen LogP contribution in [0, 0.1) is 6.92 Å². The first-order chi connectivity index (χ1) is 12.6. The Hall–Kier alpha value is -2.41. The molecule has 0 bridgehead atoms. The van der Waals surface area contributed by atoms with Crippen LogP contribution in [0.4, 0.5) is 0 Å². The van der Waals surface area contributed by atoms with Gasteiger partial charge >= 0.3 is 0 Å². The van der Waals surface area contributed by atoms with Crippen molar-refractivity contribution in [1.29, 1.82) is 0 Å². The molecule has 3 heterocycles. The van der Waals surface area contributed by atoms with E-state index in [4.69, 9.17) is 4.74 Å². The van der Waals surface area contributed by atoms with Crippen LogP contribution in [0.25, 0.3) is 0 Å². The highest BCUT2D eigenvalue weighted by atomic mass is 16.5. The quantitative estimate of drug-likeness (QED) is 0.805. The summed E-state index contributed by atoms with van der Waals surface area (Å²) < 4.78 is 7.41. The third-order valence-electron chi connectivity index (χ3n) is 5.60. The van der Waals surface area contributed by atoms with Crippen molar-refractivity contribution in [3.63, 3.8) is 0 Å². The molecule has 2 aliphatic rings. The zero-order valence-corrected chi connectivity index (χ0v) is 15.6. The smallest absolute Gasteiger partial charge is 0.241 e. The van der Waals surface area contributed by atoms with Crippen molar-refractivity contribution in [2.24, 2.45) is 0 Å². The molecule has 2 aromatic rings. The number of nitrogens with zero attached hydrogens (tertiary/aromatic N) is 5. The summed E-state index contributed by atoms with van der Waals surface area (Å²) in [5.41, 5.74) is 2.60. The van der Waals surface area contributed by atoms with E-state index in [0.29, 0.717) is 13.1 Å². The molecule has 1 aromatic carbocycles. The molecule has 1 unspecified atom stereocenters. The Morgan fingerprint density at radius 1 is 1.19 bits per heavy atom. The van der Waals surface area contributed by atoms with Crippen LogP contribution in [0.1, 0.15) is 22.8 Å². The van der Waals surface area contributed by atoms with Gasteiger partial charge in [-0.3, -0.25) is 9.69 Å². The number of aromatic nitrogens is 3. The number of fused-ring (bicyclic) bond motifs is 2. The highest BCUT2D eigenvalue weighted by Crippen LogP contribution is 2.23. The van der Waals surface area contributed by atoms with Gasteiger partial charge in [0.05, 0.1) is 20.2 Å². The fraction of sp³-hybridized carbons (Fsp3) is 0.526. The van der Waals surface area contributed by atoms with Crippen LogP contribution in [-0.2, 0) is 30.7 Å². The number of benzene rings is 1. The molecule has 0 radical (unpaired) electrons. The van der Waals surface area contributed by atoms with E-state index >= 15 is 0 Å². The van der Waals surface area contributed by atoms with Crippen LogP contribution in [-0.4, -0.2) is 63.8 Å². The molecule has 26 heavy (non-hydrogen) atoms. The minimum Gasteiger partial charge on any atom is -0.497 e. The van der Waals surface area contributed by atoms with Crippen LogP contribution in [0.15, 0.2) is 18.2 Å². The maximum absolute atomic E-state index is 13.2. The fourth-order valence-corrected chi connectivity index (χ4v) is 3.95. The number of aryl methyl sites for hydroxylation is 1. The zero-order valence-electron chi connectivity index (χ0n) is 15.6. The maximum Gasteiger partial charge on any atom is 0.241 e. The first-order valence-corrected chi connectivity index (χ1v) is 9.10. The van der Waals surface area contributed by atoms with Gasteiger partial charge in [-0.2, -0.15) is 0 Å². The number of methoxy groups -OCH3 is 1. The SMILES string of the molecule is COc1ccc2c(c1)CCN(C(=O)C1Cn3c(C)nnc3CN1C)CC2. The molecular weight excluding hydrogens is 330 g/mol. The van der Waals surface area contributed by atoms with E-state index in [9.17, 15) is 4.79 Å². The summed E-state index contributed by atoms with van der Waals surface area (Å²) in [5.74, 6) is 2.89. The minimum atomic E-state index is -0.159. The summed E-state index contributed by atoms with van der Waals surface area (Å²) in [7, 11) is 3.68. The molecule has 7 heteroatoms. The first-order valence-electron chi connectivity index (χ1n) is 9.10. The summed E-state index contributed by atoms with van der Waals surface area (Å²) in [6.07, 6.45) is 1.75. The largest absolute Gasteiger partial charge is 0.497 e. The lowest BCUT2D eigenvalue weighted by molar-refractivity contribution is -0.137. The van der Waals surface area contributed by atoms with Crippen molar-refractivity contribution in [1.82, 2.24) is 24.6 Å². The van der Waals surface area contributed by atoms with Gasteiger partial charge in [0.25, 0.3) is 0 Å². The first kappa shape index (κ1) is 17.0. The third-order valence-corrected chi connectivity index (χ3v) is 5.60. The number of carbonyl (C=O) groups is 1. The zero-order chi connectivity index (χ0) is 18.3. The van der Waals surface area contributed by atoms with E-state index in [-0.39, 0.29) is 11.9 Å². The topological polar surface area (TPSA) is 63.5 Å². The van der Waals surface area contributed by atoms with Gasteiger partial charge < -0.3 is 14.2 Å². The number of likely N-dealkylation sites (N-methyl/N-ethyl adjacent to an activating group) is 1. The summed E-state index contributed by atoms with van der Waals surface area (Å²) in [4.78, 5) is 17.3. The molecule has 0 spiro atoms. The van der Waals surface area contributed by atoms with Gasteiger partial charge in [0.1, 0.15) is 23.4 Å². The van der Waals surface area contributed by atoms with Crippen molar-refractivity contribution in [3.05, 3.63) is 41.0 Å². The third kappa shape index (κ3) is 2.96. The predicted molar refractivity (Wildman–Crippen MR) is 97.0 cm³/mol. The summed E-state index contributed by atoms with van der Waals surface area (Å²) >= 11 is 0. The molecule has 1 aromatic heterocycles. The van der Waals surface area contributed by atoms with E-state index in [2.05, 4.69) is 31.8 Å². The molecule has 7 nitrogen and oxygen atoms in total. The molecule has 0 aliphatic carbocycles. The summed E-state index contributed by atoms with van der Waals surface area (Å²) in [6.45, 7) is 4.73. The number of carbonyl (C=O) groups excluding carboxylic acids is 1. The number of rotatable bonds is 2. The normalized spacial score (nSPS) is 20.3. The van der Waals surface area contributed by atoms with E-state index < -0.39 is 0 Å². The average molecular weight is 355 g/mol. The van der Waals surface area contributed by atoms with Crippen molar-refractivity contribution in [2.45, 2.75) is 38.9 Å². The Morgan fingerprint density at radius 2 is 1.96 bits per heavy atom. The summed E-state index contributed by atoms with van der Waals surface area (Å²) in [5, 5.41) is 8.35.